The van der Waals surface area contributed by atoms with Crippen LogP contribution in [-0.2, 0) is 4.79 Å². The summed E-state index contributed by atoms with van der Waals surface area (Å²) in [4.78, 5) is 37.8. The summed E-state index contributed by atoms with van der Waals surface area (Å²) < 4.78 is 0. The summed E-state index contributed by atoms with van der Waals surface area (Å²) in [5.41, 5.74) is -1.16. The highest BCUT2D eigenvalue weighted by atomic mass is 16.4. The number of carboxylic acids is 1. The van der Waals surface area contributed by atoms with E-state index < -0.39 is 22.8 Å². The molecule has 1 amide bonds. The molecule has 0 aliphatic heterocycles. The largest absolute Gasteiger partial charge is 0.480 e. The van der Waals surface area contributed by atoms with Crippen LogP contribution in [0.25, 0.3) is 0 Å². The van der Waals surface area contributed by atoms with Crippen LogP contribution in [0.5, 0.6) is 0 Å². The van der Waals surface area contributed by atoms with Crippen LogP contribution in [0.4, 0.5) is 0 Å². The number of amides is 1. The van der Waals surface area contributed by atoms with Gasteiger partial charge in [0.05, 0.1) is 0 Å². The molecule has 0 saturated heterocycles. The van der Waals surface area contributed by atoms with Gasteiger partial charge in [-0.2, -0.15) is 0 Å². The number of hydrogen-bond donors (Lipinski definition) is 3. The molecule has 1 saturated carbocycles. The van der Waals surface area contributed by atoms with Crippen LogP contribution in [0.3, 0.4) is 0 Å². The first-order valence-electron chi connectivity index (χ1n) is 6.10. The maximum atomic E-state index is 12.0. The maximum absolute atomic E-state index is 12.0. The van der Waals surface area contributed by atoms with Crippen LogP contribution in [0, 0.1) is 12.8 Å². The van der Waals surface area contributed by atoms with E-state index in [9.17, 15) is 19.5 Å². The van der Waals surface area contributed by atoms with Crippen molar-refractivity contribution in [1.82, 2.24) is 10.3 Å². The second-order valence-electron chi connectivity index (χ2n) is 5.13. The lowest BCUT2D eigenvalue weighted by Gasteiger charge is -2.25. The third kappa shape index (κ3) is 2.52. The highest BCUT2D eigenvalue weighted by molar-refractivity contribution is 5.97. The number of aromatic nitrogens is 1. The van der Waals surface area contributed by atoms with E-state index in [1.165, 1.54) is 19.2 Å². The Morgan fingerprint density at radius 3 is 2.58 bits per heavy atom. The minimum atomic E-state index is -1.31. The molecule has 3 N–H and O–H groups in total. The van der Waals surface area contributed by atoms with E-state index >= 15 is 0 Å². The number of pyridine rings is 1. The van der Waals surface area contributed by atoms with E-state index in [2.05, 4.69) is 10.3 Å². The van der Waals surface area contributed by atoms with Crippen molar-refractivity contribution in [2.24, 2.45) is 5.92 Å². The zero-order valence-electron chi connectivity index (χ0n) is 10.8. The van der Waals surface area contributed by atoms with Gasteiger partial charge in [0.1, 0.15) is 11.1 Å². The Kier molecular flexibility index (Phi) is 3.18. The number of aromatic amines is 1. The monoisotopic (exact) mass is 264 g/mol. The van der Waals surface area contributed by atoms with Crippen LogP contribution >= 0.6 is 0 Å². The van der Waals surface area contributed by atoms with Gasteiger partial charge in [0.15, 0.2) is 5.43 Å². The highest BCUT2D eigenvalue weighted by Crippen LogP contribution is 2.39. The van der Waals surface area contributed by atoms with Crippen molar-refractivity contribution in [3.8, 4) is 0 Å². The highest BCUT2D eigenvalue weighted by Gasteiger charge is 2.48. The summed E-state index contributed by atoms with van der Waals surface area (Å²) in [6.45, 7) is 3.18. The molecule has 0 bridgehead atoms. The molecule has 0 spiro atoms. The summed E-state index contributed by atoms with van der Waals surface area (Å²) in [5.74, 6) is -1.80. The Bertz CT molecular complexity index is 589. The number of carbonyl (C=O) groups is 2. The van der Waals surface area contributed by atoms with Gasteiger partial charge in [-0.3, -0.25) is 9.59 Å². The fraction of sp³-hybridized carbons (Fsp3) is 0.462. The molecule has 102 valence electrons. The van der Waals surface area contributed by atoms with Crippen LogP contribution in [-0.4, -0.2) is 27.5 Å². The van der Waals surface area contributed by atoms with Crippen LogP contribution in [0.2, 0.25) is 0 Å². The van der Waals surface area contributed by atoms with Gasteiger partial charge in [0.25, 0.3) is 5.91 Å². The zero-order chi connectivity index (χ0) is 14.2. The normalized spacial score (nSPS) is 17.6. The minimum Gasteiger partial charge on any atom is -0.480 e. The Hall–Kier alpha value is -2.11. The number of H-pyrrole nitrogens is 1. The van der Waals surface area contributed by atoms with Crippen LogP contribution in [0.15, 0.2) is 17.1 Å². The lowest BCUT2D eigenvalue weighted by molar-refractivity contribution is -0.144. The molecule has 1 aromatic rings. The molecule has 19 heavy (non-hydrogen) atoms. The third-order valence-electron chi connectivity index (χ3n) is 3.51. The molecule has 6 heteroatoms. The molecule has 2 rings (SSSR count). The van der Waals surface area contributed by atoms with Crippen molar-refractivity contribution >= 4 is 11.9 Å². The van der Waals surface area contributed by atoms with Gasteiger partial charge in [-0.25, -0.2) is 4.79 Å². The zero-order valence-corrected chi connectivity index (χ0v) is 10.8. The van der Waals surface area contributed by atoms with Crippen molar-refractivity contribution in [2.45, 2.75) is 32.2 Å². The van der Waals surface area contributed by atoms with Gasteiger partial charge < -0.3 is 15.4 Å². The Balaban J connectivity index is 2.25. The van der Waals surface area contributed by atoms with E-state index in [1.807, 2.05) is 0 Å². The SMILES string of the molecule is Cc1cc(=O)c(C(=O)NC(C)(C(=O)O)C2CC2)c[nH]1. The van der Waals surface area contributed by atoms with Crippen molar-refractivity contribution < 1.29 is 14.7 Å². The Labute approximate surface area is 109 Å². The van der Waals surface area contributed by atoms with E-state index in [4.69, 9.17) is 0 Å². The predicted molar refractivity (Wildman–Crippen MR) is 68.0 cm³/mol. The molecule has 0 aromatic carbocycles. The number of nitrogens with one attached hydrogen (secondary N) is 2. The predicted octanol–water partition coefficient (Wildman–Crippen LogP) is 0.666. The van der Waals surface area contributed by atoms with Gasteiger partial charge in [0, 0.05) is 18.0 Å². The third-order valence-corrected chi connectivity index (χ3v) is 3.51. The average Bonchev–Trinajstić information content (AvgIpc) is 3.11. The fourth-order valence-corrected chi connectivity index (χ4v) is 2.04. The van der Waals surface area contributed by atoms with Gasteiger partial charge in [0.2, 0.25) is 0 Å². The Morgan fingerprint density at radius 1 is 1.47 bits per heavy atom. The van der Waals surface area contributed by atoms with Crippen molar-refractivity contribution in [1.29, 1.82) is 0 Å². The molecule has 1 heterocycles. The second-order valence-corrected chi connectivity index (χ2v) is 5.13. The maximum Gasteiger partial charge on any atom is 0.329 e. The summed E-state index contributed by atoms with van der Waals surface area (Å²) in [6.07, 6.45) is 2.85. The first-order chi connectivity index (χ1) is 8.84. The molecule has 1 aromatic heterocycles. The molecular weight excluding hydrogens is 248 g/mol. The van der Waals surface area contributed by atoms with Crippen molar-refractivity contribution in [2.75, 3.05) is 0 Å². The van der Waals surface area contributed by atoms with Crippen LogP contribution < -0.4 is 10.7 Å². The van der Waals surface area contributed by atoms with Crippen molar-refractivity contribution in [3.63, 3.8) is 0 Å². The molecule has 1 atom stereocenters. The summed E-state index contributed by atoms with van der Waals surface area (Å²) in [7, 11) is 0. The lowest BCUT2D eigenvalue weighted by atomic mass is 9.95. The molecule has 0 radical (unpaired) electrons. The minimum absolute atomic E-state index is 0.0706. The molecular formula is C13H16N2O4. The van der Waals surface area contributed by atoms with Gasteiger partial charge >= 0.3 is 5.97 Å². The molecule has 6 nitrogen and oxygen atoms in total. The quantitative estimate of drug-likeness (QED) is 0.744. The average molecular weight is 264 g/mol. The topological polar surface area (TPSA) is 99.3 Å². The number of carboxylic acid groups (broad SMARTS) is 1. The smallest absolute Gasteiger partial charge is 0.329 e. The van der Waals surface area contributed by atoms with Gasteiger partial charge in [-0.15, -0.1) is 0 Å². The number of rotatable bonds is 4. The molecule has 1 aliphatic carbocycles. The Morgan fingerprint density at radius 2 is 2.11 bits per heavy atom. The number of aliphatic carboxylic acids is 1. The fourth-order valence-electron chi connectivity index (χ4n) is 2.04. The number of hydrogen-bond acceptors (Lipinski definition) is 3. The van der Waals surface area contributed by atoms with E-state index in [-0.39, 0.29) is 11.5 Å². The second kappa shape index (κ2) is 4.53. The van der Waals surface area contributed by atoms with Crippen molar-refractivity contribution in [3.05, 3.63) is 33.7 Å². The molecule has 1 fully saturated rings. The molecule has 1 aliphatic rings. The van der Waals surface area contributed by atoms with Gasteiger partial charge in [-0.05, 0) is 32.6 Å². The first kappa shape index (κ1) is 13.3. The molecule has 1 unspecified atom stereocenters. The summed E-state index contributed by atoms with van der Waals surface area (Å²) >= 11 is 0. The van der Waals surface area contributed by atoms with E-state index in [0.29, 0.717) is 5.69 Å². The van der Waals surface area contributed by atoms with Crippen LogP contribution in [0.1, 0.15) is 35.8 Å². The summed E-state index contributed by atoms with van der Waals surface area (Å²) in [5, 5.41) is 11.7. The first-order valence-corrected chi connectivity index (χ1v) is 6.10. The number of carbonyl (C=O) groups excluding carboxylic acids is 1. The lowest BCUT2D eigenvalue weighted by Crippen LogP contribution is -2.54. The van der Waals surface area contributed by atoms with E-state index in [1.54, 1.807) is 6.92 Å². The van der Waals surface area contributed by atoms with Gasteiger partial charge in [-0.1, -0.05) is 0 Å². The standard InChI is InChI=1S/C13H16N2O4/c1-7-5-10(16)9(6-14-7)11(17)15-13(2,12(18)19)8-3-4-8/h5-6,8H,3-4H2,1-2H3,(H,14,16)(H,15,17)(H,18,19). The summed E-state index contributed by atoms with van der Waals surface area (Å²) in [6, 6.07) is 1.31. The van der Waals surface area contributed by atoms with E-state index in [0.717, 1.165) is 12.8 Å². The number of aryl methyl sites for hydroxylation is 1.